The Morgan fingerprint density at radius 2 is 1.84 bits per heavy atom. The molecule has 0 amide bonds. The van der Waals surface area contributed by atoms with Crippen LogP contribution in [0.25, 0.3) is 11.0 Å². The van der Waals surface area contributed by atoms with Crippen LogP contribution in [-0.4, -0.2) is 15.8 Å². The lowest BCUT2D eigenvalue weighted by molar-refractivity contribution is 0.945. The van der Waals surface area contributed by atoms with Crippen molar-refractivity contribution in [1.29, 1.82) is 0 Å². The summed E-state index contributed by atoms with van der Waals surface area (Å²) in [5.74, 6) is 0.712. The molecule has 0 fully saturated rings. The highest BCUT2D eigenvalue weighted by atomic mass is 79.9. The van der Waals surface area contributed by atoms with Crippen LogP contribution in [0.2, 0.25) is 0 Å². The first-order valence-electron chi connectivity index (χ1n) is 5.95. The molecule has 0 atom stereocenters. The number of nitrogens with zero attached hydrogens (tertiary/aromatic N) is 3. The molecule has 0 radical (unpaired) electrons. The third kappa shape index (κ3) is 2.44. The van der Waals surface area contributed by atoms with Crippen molar-refractivity contribution in [3.05, 3.63) is 58.6 Å². The van der Waals surface area contributed by atoms with E-state index in [2.05, 4.69) is 25.9 Å². The highest BCUT2D eigenvalue weighted by Gasteiger charge is 2.04. The predicted octanol–water partition coefficient (Wildman–Crippen LogP) is 4.09. The summed E-state index contributed by atoms with van der Waals surface area (Å²) < 4.78 is 3.05. The van der Waals surface area contributed by atoms with Gasteiger partial charge in [-0.05, 0) is 29.8 Å². The second-order valence-electron chi connectivity index (χ2n) is 4.27. The van der Waals surface area contributed by atoms with E-state index in [-0.39, 0.29) is 0 Å². The van der Waals surface area contributed by atoms with Crippen molar-refractivity contribution in [3.63, 3.8) is 0 Å². The van der Waals surface area contributed by atoms with Crippen LogP contribution in [0.15, 0.2) is 58.0 Å². The number of hydrogen-bond acceptors (Lipinski definition) is 2. The molecule has 0 spiro atoms. The molecule has 0 aliphatic heterocycles. The van der Waals surface area contributed by atoms with E-state index >= 15 is 0 Å². The number of rotatable bonds is 2. The second-order valence-corrected chi connectivity index (χ2v) is 5.18. The molecule has 3 nitrogen and oxygen atoms in total. The first-order chi connectivity index (χ1) is 9.24. The van der Waals surface area contributed by atoms with E-state index in [1.54, 1.807) is 0 Å². The van der Waals surface area contributed by atoms with E-state index in [0.29, 0.717) is 5.95 Å². The highest BCUT2D eigenvalue weighted by Crippen LogP contribution is 2.19. The average Bonchev–Trinajstić information content (AvgIpc) is 2.76. The van der Waals surface area contributed by atoms with Gasteiger partial charge in [0, 0.05) is 17.7 Å². The Hall–Kier alpha value is -1.94. The summed E-state index contributed by atoms with van der Waals surface area (Å²) in [4.78, 5) is 8.96. The van der Waals surface area contributed by atoms with Crippen LogP contribution >= 0.6 is 15.9 Å². The van der Waals surface area contributed by atoms with Crippen molar-refractivity contribution in [2.45, 2.75) is 0 Å². The van der Waals surface area contributed by atoms with E-state index in [1.807, 2.05) is 66.4 Å². The Morgan fingerprint density at radius 1 is 1.11 bits per heavy atom. The summed E-state index contributed by atoms with van der Waals surface area (Å²) in [6.07, 6.45) is 1.83. The van der Waals surface area contributed by atoms with Crippen molar-refractivity contribution < 1.29 is 0 Å². The molecule has 0 N–H and O–H groups in total. The standard InChI is InChI=1S/C15H12BrN3/c1-19-14-5-3-2-4-13(14)18-15(19)17-10-11-6-8-12(16)9-7-11/h2-10H,1H3/b17-10+. The molecular weight excluding hydrogens is 302 g/mol. The molecule has 94 valence electrons. The first kappa shape index (κ1) is 12.1. The lowest BCUT2D eigenvalue weighted by Crippen LogP contribution is -1.87. The molecule has 3 aromatic rings. The summed E-state index contributed by atoms with van der Waals surface area (Å²) in [5, 5.41) is 0. The lowest BCUT2D eigenvalue weighted by atomic mass is 10.2. The highest BCUT2D eigenvalue weighted by molar-refractivity contribution is 9.10. The van der Waals surface area contributed by atoms with Crippen LogP contribution < -0.4 is 0 Å². The molecule has 4 heteroatoms. The Labute approximate surface area is 119 Å². The van der Waals surface area contributed by atoms with Gasteiger partial charge < -0.3 is 4.57 Å². The Balaban J connectivity index is 1.97. The molecule has 1 aromatic heterocycles. The number of fused-ring (bicyclic) bond motifs is 1. The number of halogens is 1. The van der Waals surface area contributed by atoms with Gasteiger partial charge in [-0.3, -0.25) is 0 Å². The Morgan fingerprint density at radius 3 is 2.58 bits per heavy atom. The van der Waals surface area contributed by atoms with Crippen LogP contribution in [0.5, 0.6) is 0 Å². The molecule has 3 rings (SSSR count). The summed E-state index contributed by atoms with van der Waals surface area (Å²) >= 11 is 3.42. The molecule has 0 saturated heterocycles. The van der Waals surface area contributed by atoms with Gasteiger partial charge in [0.05, 0.1) is 11.0 Å². The zero-order chi connectivity index (χ0) is 13.2. The number of para-hydroxylation sites is 2. The first-order valence-corrected chi connectivity index (χ1v) is 6.74. The van der Waals surface area contributed by atoms with Gasteiger partial charge in [-0.1, -0.05) is 40.2 Å². The minimum absolute atomic E-state index is 0.712. The van der Waals surface area contributed by atoms with Gasteiger partial charge in [-0.2, -0.15) is 0 Å². The molecule has 0 saturated carbocycles. The largest absolute Gasteiger partial charge is 0.311 e. The SMILES string of the molecule is Cn1c(/N=C/c2ccc(Br)cc2)nc2ccccc21. The molecule has 0 bridgehead atoms. The van der Waals surface area contributed by atoms with Crippen molar-refractivity contribution >= 4 is 39.1 Å². The third-order valence-corrected chi connectivity index (χ3v) is 3.49. The number of hydrogen-bond donors (Lipinski definition) is 0. The maximum atomic E-state index is 4.50. The van der Waals surface area contributed by atoms with Crippen LogP contribution in [-0.2, 0) is 7.05 Å². The molecule has 0 aliphatic rings. The maximum absolute atomic E-state index is 4.50. The monoisotopic (exact) mass is 313 g/mol. The summed E-state index contributed by atoms with van der Waals surface area (Å²) in [6.45, 7) is 0. The van der Waals surface area contributed by atoms with Crippen molar-refractivity contribution in [1.82, 2.24) is 9.55 Å². The zero-order valence-corrected chi connectivity index (χ0v) is 12.0. The smallest absolute Gasteiger partial charge is 0.230 e. The van der Waals surface area contributed by atoms with Crippen LogP contribution in [0.1, 0.15) is 5.56 Å². The average molecular weight is 314 g/mol. The van der Waals surface area contributed by atoms with Gasteiger partial charge in [-0.15, -0.1) is 0 Å². The third-order valence-electron chi connectivity index (χ3n) is 2.96. The van der Waals surface area contributed by atoms with Gasteiger partial charge in [0.25, 0.3) is 0 Å². The Bertz CT molecular complexity index is 742. The van der Waals surface area contributed by atoms with E-state index in [9.17, 15) is 0 Å². The minimum Gasteiger partial charge on any atom is -0.311 e. The van der Waals surface area contributed by atoms with Gasteiger partial charge in [-0.25, -0.2) is 9.98 Å². The van der Waals surface area contributed by atoms with E-state index < -0.39 is 0 Å². The lowest BCUT2D eigenvalue weighted by Gasteiger charge is -1.96. The van der Waals surface area contributed by atoms with Crippen LogP contribution in [0, 0.1) is 0 Å². The molecule has 0 unspecified atom stereocenters. The van der Waals surface area contributed by atoms with Crippen molar-refractivity contribution in [2.75, 3.05) is 0 Å². The fourth-order valence-electron chi connectivity index (χ4n) is 1.93. The number of aliphatic imine (C=N–C) groups is 1. The van der Waals surface area contributed by atoms with Crippen LogP contribution in [0.4, 0.5) is 5.95 Å². The Kier molecular flexibility index (Phi) is 3.17. The zero-order valence-electron chi connectivity index (χ0n) is 10.4. The van der Waals surface area contributed by atoms with Gasteiger partial charge >= 0.3 is 0 Å². The number of aromatic nitrogens is 2. The maximum Gasteiger partial charge on any atom is 0.230 e. The van der Waals surface area contributed by atoms with Crippen molar-refractivity contribution in [3.8, 4) is 0 Å². The summed E-state index contributed by atoms with van der Waals surface area (Å²) in [6, 6.07) is 16.0. The molecule has 2 aromatic carbocycles. The van der Waals surface area contributed by atoms with E-state index in [4.69, 9.17) is 0 Å². The van der Waals surface area contributed by atoms with Crippen molar-refractivity contribution in [2.24, 2.45) is 12.0 Å². The number of aryl methyl sites for hydroxylation is 1. The number of imidazole rings is 1. The minimum atomic E-state index is 0.712. The molecule has 0 aliphatic carbocycles. The quantitative estimate of drug-likeness (QED) is 0.655. The second kappa shape index (κ2) is 4.97. The summed E-state index contributed by atoms with van der Waals surface area (Å²) in [7, 11) is 1.98. The summed E-state index contributed by atoms with van der Waals surface area (Å²) in [5.41, 5.74) is 3.11. The van der Waals surface area contributed by atoms with Gasteiger partial charge in [0.15, 0.2) is 0 Å². The number of benzene rings is 2. The van der Waals surface area contributed by atoms with Crippen LogP contribution in [0.3, 0.4) is 0 Å². The van der Waals surface area contributed by atoms with E-state index in [1.165, 1.54) is 0 Å². The normalized spacial score (nSPS) is 11.5. The van der Waals surface area contributed by atoms with Gasteiger partial charge in [0.2, 0.25) is 5.95 Å². The molecular formula is C15H12BrN3. The molecule has 19 heavy (non-hydrogen) atoms. The van der Waals surface area contributed by atoms with Gasteiger partial charge in [0.1, 0.15) is 0 Å². The van der Waals surface area contributed by atoms with E-state index in [0.717, 1.165) is 21.1 Å². The molecule has 1 heterocycles. The predicted molar refractivity (Wildman–Crippen MR) is 82.1 cm³/mol. The fourth-order valence-corrected chi connectivity index (χ4v) is 2.19. The topological polar surface area (TPSA) is 30.2 Å². The fraction of sp³-hybridized carbons (Fsp3) is 0.0667.